The van der Waals surface area contributed by atoms with Crippen LogP contribution >= 0.6 is 0 Å². The van der Waals surface area contributed by atoms with E-state index in [9.17, 15) is 4.79 Å². The number of hydrogen-bond acceptors (Lipinski definition) is 5. The normalized spacial score (nSPS) is 12.2. The summed E-state index contributed by atoms with van der Waals surface area (Å²) in [4.78, 5) is 20.9. The highest BCUT2D eigenvalue weighted by atomic mass is 16.2. The van der Waals surface area contributed by atoms with Gasteiger partial charge in [-0.25, -0.2) is 9.50 Å². The van der Waals surface area contributed by atoms with E-state index in [1.54, 1.807) is 29.3 Å². The van der Waals surface area contributed by atoms with Gasteiger partial charge in [0.2, 0.25) is 5.82 Å². The number of nitrogens with zero attached hydrogens (tertiary/aromatic N) is 6. The second-order valence-corrected chi connectivity index (χ2v) is 5.46. The Labute approximate surface area is 143 Å². The fourth-order valence-electron chi connectivity index (χ4n) is 2.57. The number of carbonyl (C=O) groups excluding carboxylic acids is 1. The minimum atomic E-state index is -0.355. The van der Waals surface area contributed by atoms with E-state index in [4.69, 9.17) is 0 Å². The first-order valence-corrected chi connectivity index (χ1v) is 7.80. The molecule has 0 aliphatic carbocycles. The Balaban J connectivity index is 1.60. The second-order valence-electron chi connectivity index (χ2n) is 5.46. The minimum Gasteiger partial charge on any atom is -0.341 e. The summed E-state index contributed by atoms with van der Waals surface area (Å²) in [6.07, 6.45) is 6.87. The molecule has 0 saturated carbocycles. The molecule has 0 spiro atoms. The Hall–Kier alpha value is -3.55. The number of hydrogen-bond donors (Lipinski definition) is 1. The first-order valence-electron chi connectivity index (χ1n) is 7.80. The summed E-state index contributed by atoms with van der Waals surface area (Å²) in [6, 6.07) is 13.1. The molecule has 1 atom stereocenters. The lowest BCUT2D eigenvalue weighted by Crippen LogP contribution is -2.32. The second kappa shape index (κ2) is 6.52. The Bertz CT molecular complexity index is 946. The maximum Gasteiger partial charge on any atom is 0.291 e. The lowest BCUT2D eigenvalue weighted by atomic mass is 10.1. The van der Waals surface area contributed by atoms with Crippen molar-refractivity contribution in [3.05, 3.63) is 78.6 Å². The number of benzene rings is 1. The van der Waals surface area contributed by atoms with Gasteiger partial charge < -0.3 is 5.32 Å². The summed E-state index contributed by atoms with van der Waals surface area (Å²) < 4.78 is 3.25. The molecule has 25 heavy (non-hydrogen) atoms. The number of carbonyl (C=O) groups is 1. The van der Waals surface area contributed by atoms with Gasteiger partial charge in [0, 0.05) is 24.8 Å². The fraction of sp³-hybridized carbons (Fsp3) is 0.118. The van der Waals surface area contributed by atoms with E-state index in [-0.39, 0.29) is 17.8 Å². The van der Waals surface area contributed by atoms with E-state index in [0.29, 0.717) is 12.3 Å². The van der Waals surface area contributed by atoms with E-state index in [0.717, 1.165) is 5.56 Å². The summed E-state index contributed by atoms with van der Waals surface area (Å²) in [7, 11) is 0. The van der Waals surface area contributed by atoms with Crippen molar-refractivity contribution in [3.63, 3.8) is 0 Å². The summed E-state index contributed by atoms with van der Waals surface area (Å²) in [5, 5.41) is 11.4. The first kappa shape index (κ1) is 15.0. The molecule has 0 aliphatic heterocycles. The molecule has 1 amide bonds. The van der Waals surface area contributed by atoms with Crippen molar-refractivity contribution in [1.29, 1.82) is 0 Å². The average Bonchev–Trinajstić information content (AvgIpc) is 3.31. The zero-order valence-corrected chi connectivity index (χ0v) is 13.2. The van der Waals surface area contributed by atoms with Gasteiger partial charge in [-0.15, -0.1) is 5.10 Å². The van der Waals surface area contributed by atoms with E-state index in [1.165, 1.54) is 4.52 Å². The van der Waals surface area contributed by atoms with Crippen LogP contribution in [-0.4, -0.2) is 35.3 Å². The smallest absolute Gasteiger partial charge is 0.291 e. The number of amides is 1. The van der Waals surface area contributed by atoms with Crippen LogP contribution in [0.4, 0.5) is 0 Å². The molecule has 1 aromatic carbocycles. The van der Waals surface area contributed by atoms with Crippen LogP contribution in [0.3, 0.4) is 0 Å². The third kappa shape index (κ3) is 3.23. The van der Waals surface area contributed by atoms with Gasteiger partial charge in [0.25, 0.3) is 11.7 Å². The predicted octanol–water partition coefficient (Wildman–Crippen LogP) is 1.49. The van der Waals surface area contributed by atoms with Gasteiger partial charge in [0.05, 0.1) is 12.6 Å². The van der Waals surface area contributed by atoms with Crippen LogP contribution in [0.15, 0.2) is 67.3 Å². The van der Waals surface area contributed by atoms with Crippen molar-refractivity contribution in [1.82, 2.24) is 34.7 Å². The minimum absolute atomic E-state index is 0.0834. The zero-order chi connectivity index (χ0) is 17.1. The lowest BCUT2D eigenvalue weighted by molar-refractivity contribution is 0.0921. The molecule has 0 unspecified atom stereocenters. The quantitative estimate of drug-likeness (QED) is 0.598. The average molecular weight is 333 g/mol. The monoisotopic (exact) mass is 333 g/mol. The van der Waals surface area contributed by atoms with Crippen LogP contribution in [0.5, 0.6) is 0 Å². The molecule has 3 aromatic heterocycles. The van der Waals surface area contributed by atoms with Crippen LogP contribution < -0.4 is 5.32 Å². The van der Waals surface area contributed by atoms with Gasteiger partial charge in [-0.05, 0) is 17.7 Å². The Morgan fingerprint density at radius 3 is 2.68 bits per heavy atom. The van der Waals surface area contributed by atoms with Crippen LogP contribution in [0, 0.1) is 0 Å². The number of rotatable bonds is 5. The van der Waals surface area contributed by atoms with Crippen LogP contribution in [0.2, 0.25) is 0 Å². The summed E-state index contributed by atoms with van der Waals surface area (Å²) in [5.74, 6) is 0.114. The molecule has 3 heterocycles. The maximum absolute atomic E-state index is 12.6. The van der Waals surface area contributed by atoms with Crippen LogP contribution in [0.25, 0.3) is 5.78 Å². The van der Waals surface area contributed by atoms with Crippen molar-refractivity contribution in [2.75, 3.05) is 0 Å². The largest absolute Gasteiger partial charge is 0.341 e. The molecule has 4 rings (SSSR count). The van der Waals surface area contributed by atoms with Crippen molar-refractivity contribution in [2.24, 2.45) is 0 Å². The van der Waals surface area contributed by atoms with Gasteiger partial charge in [-0.2, -0.15) is 10.1 Å². The Morgan fingerprint density at radius 1 is 1.08 bits per heavy atom. The molecule has 124 valence electrons. The predicted molar refractivity (Wildman–Crippen MR) is 89.7 cm³/mol. The standard InChI is InChI=1S/C17H15N7O/c25-16(15-21-17-18-8-4-11-24(17)22-15)20-14(12-23-10-5-9-19-23)13-6-2-1-3-7-13/h1-11,14H,12H2,(H,20,25)/t14-/m0/s1. The summed E-state index contributed by atoms with van der Waals surface area (Å²) in [6.45, 7) is 0.508. The molecule has 0 fully saturated rings. The van der Waals surface area contributed by atoms with Crippen molar-refractivity contribution in [3.8, 4) is 0 Å². The number of fused-ring (bicyclic) bond motifs is 1. The third-order valence-electron chi connectivity index (χ3n) is 3.76. The molecule has 0 saturated heterocycles. The molecule has 0 aliphatic rings. The molecule has 1 N–H and O–H groups in total. The van der Waals surface area contributed by atoms with Crippen molar-refractivity contribution < 1.29 is 4.79 Å². The highest BCUT2D eigenvalue weighted by molar-refractivity contribution is 5.91. The Kier molecular flexibility index (Phi) is 3.91. The highest BCUT2D eigenvalue weighted by Gasteiger charge is 2.20. The Morgan fingerprint density at radius 2 is 1.92 bits per heavy atom. The molecule has 8 nitrogen and oxygen atoms in total. The van der Waals surface area contributed by atoms with Gasteiger partial charge >= 0.3 is 0 Å². The first-order chi connectivity index (χ1) is 12.3. The van der Waals surface area contributed by atoms with Crippen molar-refractivity contribution in [2.45, 2.75) is 12.6 Å². The van der Waals surface area contributed by atoms with Gasteiger partial charge in [-0.1, -0.05) is 30.3 Å². The van der Waals surface area contributed by atoms with Crippen LogP contribution in [0.1, 0.15) is 22.2 Å². The van der Waals surface area contributed by atoms with E-state index < -0.39 is 0 Å². The zero-order valence-electron chi connectivity index (χ0n) is 13.2. The molecular weight excluding hydrogens is 318 g/mol. The topological polar surface area (TPSA) is 90.0 Å². The SMILES string of the molecule is O=C(N[C@@H](Cn1cccn1)c1ccccc1)c1nc2ncccn2n1. The summed E-state index contributed by atoms with van der Waals surface area (Å²) >= 11 is 0. The van der Waals surface area contributed by atoms with E-state index >= 15 is 0 Å². The maximum atomic E-state index is 12.6. The fourth-order valence-corrected chi connectivity index (χ4v) is 2.57. The highest BCUT2D eigenvalue weighted by Crippen LogP contribution is 2.15. The molecule has 0 bridgehead atoms. The summed E-state index contributed by atoms with van der Waals surface area (Å²) in [5.41, 5.74) is 0.980. The van der Waals surface area contributed by atoms with E-state index in [1.807, 2.05) is 42.6 Å². The lowest BCUT2D eigenvalue weighted by Gasteiger charge is -2.18. The number of nitrogens with one attached hydrogen (secondary N) is 1. The molecule has 0 radical (unpaired) electrons. The van der Waals surface area contributed by atoms with Gasteiger partial charge in [0.15, 0.2) is 0 Å². The number of aromatic nitrogens is 6. The van der Waals surface area contributed by atoms with Crippen molar-refractivity contribution >= 4 is 11.7 Å². The van der Waals surface area contributed by atoms with Gasteiger partial charge in [-0.3, -0.25) is 9.48 Å². The molecule has 4 aromatic rings. The molecular formula is C17H15N7O. The van der Waals surface area contributed by atoms with Gasteiger partial charge in [0.1, 0.15) is 0 Å². The molecule has 8 heteroatoms. The van der Waals surface area contributed by atoms with Crippen LogP contribution in [-0.2, 0) is 6.54 Å². The van der Waals surface area contributed by atoms with E-state index in [2.05, 4.69) is 25.5 Å². The third-order valence-corrected chi connectivity index (χ3v) is 3.76.